The van der Waals surface area contributed by atoms with Crippen LogP contribution in [-0.2, 0) is 6.54 Å². The lowest BCUT2D eigenvalue weighted by molar-refractivity contribution is -0.384. The molecule has 2 aromatic carbocycles. The van der Waals surface area contributed by atoms with Gasteiger partial charge in [-0.05, 0) is 29.8 Å². The summed E-state index contributed by atoms with van der Waals surface area (Å²) in [5.74, 6) is 1.80. The Hall–Kier alpha value is -2.71. The van der Waals surface area contributed by atoms with Crippen LogP contribution in [-0.4, -0.2) is 39.3 Å². The minimum absolute atomic E-state index is 0. The summed E-state index contributed by atoms with van der Waals surface area (Å²) in [5, 5.41) is 17.2. The van der Waals surface area contributed by atoms with E-state index in [2.05, 4.69) is 10.6 Å². The molecule has 0 aliphatic carbocycles. The van der Waals surface area contributed by atoms with Crippen molar-refractivity contribution in [3.63, 3.8) is 0 Å². The van der Waals surface area contributed by atoms with E-state index in [1.165, 1.54) is 12.1 Å². The van der Waals surface area contributed by atoms with E-state index < -0.39 is 4.92 Å². The first-order chi connectivity index (χ1) is 12.6. The van der Waals surface area contributed by atoms with Gasteiger partial charge in [0.2, 0.25) is 5.75 Å². The summed E-state index contributed by atoms with van der Waals surface area (Å²) in [6, 6.07) is 10.1. The van der Waals surface area contributed by atoms with Crippen LogP contribution < -0.4 is 24.8 Å². The molecule has 2 aromatic rings. The minimum Gasteiger partial charge on any atom is -0.493 e. The number of ether oxygens (including phenoxy) is 3. The average molecular weight is 398 g/mol. The van der Waals surface area contributed by atoms with Gasteiger partial charge >= 0.3 is 0 Å². The molecule has 0 aromatic heterocycles. The molecule has 0 radical (unpaired) electrons. The number of nitrogens with one attached hydrogen (secondary N) is 2. The quantitative estimate of drug-likeness (QED) is 0.361. The summed E-state index contributed by atoms with van der Waals surface area (Å²) in [7, 11) is 4.74. The largest absolute Gasteiger partial charge is 0.493 e. The van der Waals surface area contributed by atoms with E-state index in [0.29, 0.717) is 36.9 Å². The van der Waals surface area contributed by atoms with Crippen LogP contribution in [0.5, 0.6) is 17.2 Å². The zero-order valence-electron chi connectivity index (χ0n) is 15.5. The van der Waals surface area contributed by atoms with Crippen LogP contribution in [0.3, 0.4) is 0 Å². The number of hydrogen-bond acceptors (Lipinski definition) is 7. The monoisotopic (exact) mass is 397 g/mol. The maximum absolute atomic E-state index is 10.6. The molecule has 0 spiro atoms. The zero-order chi connectivity index (χ0) is 18.9. The van der Waals surface area contributed by atoms with Crippen molar-refractivity contribution in [2.45, 2.75) is 6.54 Å². The number of hydrogen-bond donors (Lipinski definition) is 2. The SMILES string of the molecule is COc1cc(CNCCNc2ccc([N+](=O)[O-])cc2)cc(OC)c1OC.Cl. The van der Waals surface area contributed by atoms with E-state index in [4.69, 9.17) is 14.2 Å². The standard InChI is InChI=1S/C18H23N3O5.ClH/c1-24-16-10-13(11-17(25-2)18(16)26-3)12-19-8-9-20-14-4-6-15(7-5-14)21(22)23;/h4-7,10-11,19-20H,8-9,12H2,1-3H3;1H. The van der Waals surface area contributed by atoms with Crippen molar-refractivity contribution in [2.75, 3.05) is 39.7 Å². The molecule has 0 fully saturated rings. The molecule has 0 aliphatic heterocycles. The summed E-state index contributed by atoms with van der Waals surface area (Å²) < 4.78 is 16.0. The molecule has 8 nitrogen and oxygen atoms in total. The fourth-order valence-electron chi connectivity index (χ4n) is 2.47. The first-order valence-corrected chi connectivity index (χ1v) is 8.07. The molecule has 27 heavy (non-hydrogen) atoms. The Morgan fingerprint density at radius 2 is 1.56 bits per heavy atom. The van der Waals surface area contributed by atoms with Gasteiger partial charge in [0.15, 0.2) is 11.5 Å². The number of halogens is 1. The second-order valence-electron chi connectivity index (χ2n) is 5.44. The molecule has 0 unspecified atom stereocenters. The highest BCUT2D eigenvalue weighted by molar-refractivity contribution is 5.85. The Morgan fingerprint density at radius 1 is 0.963 bits per heavy atom. The highest BCUT2D eigenvalue weighted by Crippen LogP contribution is 2.38. The number of rotatable bonds is 10. The molecule has 0 heterocycles. The molecule has 0 bridgehead atoms. The highest BCUT2D eigenvalue weighted by Gasteiger charge is 2.12. The van der Waals surface area contributed by atoms with Crippen LogP contribution in [0.4, 0.5) is 11.4 Å². The van der Waals surface area contributed by atoms with E-state index in [9.17, 15) is 10.1 Å². The maximum atomic E-state index is 10.6. The Morgan fingerprint density at radius 3 is 2.04 bits per heavy atom. The minimum atomic E-state index is -0.414. The van der Waals surface area contributed by atoms with Crippen LogP contribution in [0, 0.1) is 10.1 Å². The number of anilines is 1. The van der Waals surface area contributed by atoms with Crippen molar-refractivity contribution in [3.8, 4) is 17.2 Å². The van der Waals surface area contributed by atoms with Gasteiger partial charge in [-0.3, -0.25) is 10.1 Å². The van der Waals surface area contributed by atoms with Crippen LogP contribution in [0.25, 0.3) is 0 Å². The summed E-state index contributed by atoms with van der Waals surface area (Å²) in [6.45, 7) is 2.04. The number of non-ortho nitro benzene ring substituents is 1. The van der Waals surface area contributed by atoms with Crippen molar-refractivity contribution in [1.82, 2.24) is 5.32 Å². The van der Waals surface area contributed by atoms with E-state index in [0.717, 1.165) is 11.3 Å². The summed E-state index contributed by atoms with van der Waals surface area (Å²) in [4.78, 5) is 10.2. The smallest absolute Gasteiger partial charge is 0.269 e. The fourth-order valence-corrected chi connectivity index (χ4v) is 2.47. The molecule has 9 heteroatoms. The number of nitrogens with zero attached hydrogens (tertiary/aromatic N) is 1. The van der Waals surface area contributed by atoms with Gasteiger partial charge in [0.1, 0.15) is 0 Å². The van der Waals surface area contributed by atoms with E-state index in [1.807, 2.05) is 12.1 Å². The Balaban J connectivity index is 0.00000364. The van der Waals surface area contributed by atoms with Crippen LogP contribution in [0.15, 0.2) is 36.4 Å². The first-order valence-electron chi connectivity index (χ1n) is 8.07. The third-order valence-electron chi connectivity index (χ3n) is 3.76. The van der Waals surface area contributed by atoms with Crippen molar-refractivity contribution in [2.24, 2.45) is 0 Å². The second-order valence-corrected chi connectivity index (χ2v) is 5.44. The van der Waals surface area contributed by atoms with E-state index in [1.54, 1.807) is 33.5 Å². The van der Waals surface area contributed by atoms with Crippen LogP contribution in [0.2, 0.25) is 0 Å². The third kappa shape index (κ3) is 6.19. The number of methoxy groups -OCH3 is 3. The number of nitro groups is 1. The van der Waals surface area contributed by atoms with Gasteiger partial charge in [-0.15, -0.1) is 12.4 Å². The van der Waals surface area contributed by atoms with Gasteiger partial charge in [-0.25, -0.2) is 0 Å². The lowest BCUT2D eigenvalue weighted by Crippen LogP contribution is -2.21. The first kappa shape index (κ1) is 22.3. The molecular formula is C18H24ClN3O5. The second kappa shape index (κ2) is 11.1. The van der Waals surface area contributed by atoms with Crippen molar-refractivity contribution >= 4 is 23.8 Å². The van der Waals surface area contributed by atoms with E-state index >= 15 is 0 Å². The zero-order valence-corrected chi connectivity index (χ0v) is 16.3. The van der Waals surface area contributed by atoms with Gasteiger partial charge in [0.25, 0.3) is 5.69 Å². The van der Waals surface area contributed by atoms with Crippen molar-refractivity contribution < 1.29 is 19.1 Å². The van der Waals surface area contributed by atoms with Gasteiger partial charge in [0, 0.05) is 37.5 Å². The van der Waals surface area contributed by atoms with Gasteiger partial charge in [0.05, 0.1) is 26.3 Å². The third-order valence-corrected chi connectivity index (χ3v) is 3.76. The summed E-state index contributed by atoms with van der Waals surface area (Å²) in [6.07, 6.45) is 0. The maximum Gasteiger partial charge on any atom is 0.269 e. The predicted octanol–water partition coefficient (Wildman–Crippen LogP) is 3.24. The summed E-state index contributed by atoms with van der Waals surface area (Å²) in [5.41, 5.74) is 1.93. The predicted molar refractivity (Wildman–Crippen MR) is 107 cm³/mol. The van der Waals surface area contributed by atoms with E-state index in [-0.39, 0.29) is 18.1 Å². The molecule has 0 aliphatic rings. The molecular weight excluding hydrogens is 374 g/mol. The van der Waals surface area contributed by atoms with Crippen LogP contribution in [0.1, 0.15) is 5.56 Å². The number of nitro benzene ring substituents is 1. The van der Waals surface area contributed by atoms with Gasteiger partial charge in [-0.2, -0.15) is 0 Å². The normalized spacial score (nSPS) is 9.89. The van der Waals surface area contributed by atoms with Crippen molar-refractivity contribution in [1.29, 1.82) is 0 Å². The van der Waals surface area contributed by atoms with Gasteiger partial charge in [-0.1, -0.05) is 0 Å². The average Bonchev–Trinajstić information content (AvgIpc) is 2.67. The summed E-state index contributed by atoms with van der Waals surface area (Å²) >= 11 is 0. The van der Waals surface area contributed by atoms with Gasteiger partial charge < -0.3 is 24.8 Å². The molecule has 0 atom stereocenters. The lowest BCUT2D eigenvalue weighted by atomic mass is 10.1. The molecule has 0 amide bonds. The van der Waals surface area contributed by atoms with Crippen LogP contribution >= 0.6 is 12.4 Å². The Bertz CT molecular complexity index is 715. The highest BCUT2D eigenvalue weighted by atomic mass is 35.5. The molecule has 2 rings (SSSR count). The number of benzene rings is 2. The molecule has 148 valence electrons. The lowest BCUT2D eigenvalue weighted by Gasteiger charge is -2.14. The molecule has 0 saturated carbocycles. The molecule has 2 N–H and O–H groups in total. The van der Waals surface area contributed by atoms with Crippen molar-refractivity contribution in [3.05, 3.63) is 52.1 Å². The Kier molecular flexibility index (Phi) is 9.18. The topological polar surface area (TPSA) is 94.9 Å². The molecule has 0 saturated heterocycles. The fraction of sp³-hybridized carbons (Fsp3) is 0.333. The Labute approximate surface area is 164 Å².